The predicted octanol–water partition coefficient (Wildman–Crippen LogP) is 2.09. The van der Waals surface area contributed by atoms with Crippen molar-refractivity contribution in [1.29, 1.82) is 0 Å². The largest absolute Gasteiger partial charge is 0.399 e. The number of nitrogens with zero attached hydrogens (tertiary/aromatic N) is 1. The molecule has 1 aromatic carbocycles. The molecular weight excluding hydrogens is 252 g/mol. The van der Waals surface area contributed by atoms with Gasteiger partial charge in [0.1, 0.15) is 0 Å². The third kappa shape index (κ3) is 4.53. The highest BCUT2D eigenvalue weighted by atomic mass is 16.5. The van der Waals surface area contributed by atoms with Crippen LogP contribution in [0.1, 0.15) is 24.8 Å². The molecule has 2 rings (SSSR count). The summed E-state index contributed by atoms with van der Waals surface area (Å²) in [5.74, 6) is 0.808. The van der Waals surface area contributed by atoms with E-state index >= 15 is 0 Å². The number of benzene rings is 1. The maximum absolute atomic E-state index is 12.1. The zero-order chi connectivity index (χ0) is 14.4. The van der Waals surface area contributed by atoms with E-state index in [1.807, 2.05) is 36.2 Å². The van der Waals surface area contributed by atoms with Crippen molar-refractivity contribution >= 4 is 11.6 Å². The molecule has 1 amide bonds. The molecule has 1 fully saturated rings. The van der Waals surface area contributed by atoms with Crippen LogP contribution >= 0.6 is 0 Å². The van der Waals surface area contributed by atoms with Crippen LogP contribution in [0.2, 0.25) is 0 Å². The lowest BCUT2D eigenvalue weighted by Gasteiger charge is -2.27. The minimum Gasteiger partial charge on any atom is -0.399 e. The monoisotopic (exact) mass is 276 g/mol. The number of carbonyl (C=O) groups is 1. The topological polar surface area (TPSA) is 55.6 Å². The lowest BCUT2D eigenvalue weighted by molar-refractivity contribution is -0.130. The molecule has 0 aliphatic carbocycles. The zero-order valence-corrected chi connectivity index (χ0v) is 12.2. The minimum atomic E-state index is 0.216. The van der Waals surface area contributed by atoms with Gasteiger partial charge in [-0.3, -0.25) is 4.79 Å². The van der Waals surface area contributed by atoms with E-state index in [0.717, 1.165) is 50.3 Å². The maximum Gasteiger partial charge on any atom is 0.222 e. The fourth-order valence-electron chi connectivity index (χ4n) is 2.54. The van der Waals surface area contributed by atoms with Gasteiger partial charge in [-0.15, -0.1) is 0 Å². The molecule has 1 aromatic rings. The van der Waals surface area contributed by atoms with Crippen LogP contribution in [0, 0.1) is 5.92 Å². The smallest absolute Gasteiger partial charge is 0.222 e. The molecule has 20 heavy (non-hydrogen) atoms. The summed E-state index contributed by atoms with van der Waals surface area (Å²) < 4.78 is 5.34. The lowest BCUT2D eigenvalue weighted by atomic mass is 9.99. The van der Waals surface area contributed by atoms with E-state index < -0.39 is 0 Å². The first-order valence-corrected chi connectivity index (χ1v) is 7.31. The Hall–Kier alpha value is -1.55. The molecule has 1 aliphatic heterocycles. The number of hydrogen-bond donors (Lipinski definition) is 1. The minimum absolute atomic E-state index is 0.216. The highest BCUT2D eigenvalue weighted by molar-refractivity contribution is 5.76. The number of rotatable bonds is 5. The van der Waals surface area contributed by atoms with Crippen molar-refractivity contribution in [3.63, 3.8) is 0 Å². The molecule has 0 aromatic heterocycles. The Morgan fingerprint density at radius 2 is 1.95 bits per heavy atom. The van der Waals surface area contributed by atoms with E-state index in [1.165, 1.54) is 0 Å². The van der Waals surface area contributed by atoms with Crippen molar-refractivity contribution in [3.8, 4) is 0 Å². The number of nitrogens with two attached hydrogens (primary N) is 1. The van der Waals surface area contributed by atoms with E-state index in [1.54, 1.807) is 0 Å². The summed E-state index contributed by atoms with van der Waals surface area (Å²) in [4.78, 5) is 14.0. The molecular formula is C16H24N2O2. The molecule has 0 saturated carbocycles. The first kappa shape index (κ1) is 14.9. The number of ether oxygens (including phenoxy) is 1. The summed E-state index contributed by atoms with van der Waals surface area (Å²) in [5, 5.41) is 0. The fourth-order valence-corrected chi connectivity index (χ4v) is 2.54. The molecule has 0 unspecified atom stereocenters. The number of amides is 1. The summed E-state index contributed by atoms with van der Waals surface area (Å²) >= 11 is 0. The molecule has 1 aliphatic rings. The van der Waals surface area contributed by atoms with Gasteiger partial charge < -0.3 is 15.4 Å². The Balaban J connectivity index is 1.74. The van der Waals surface area contributed by atoms with Crippen LogP contribution in [0.25, 0.3) is 0 Å². The molecule has 4 heteroatoms. The van der Waals surface area contributed by atoms with Crippen molar-refractivity contribution in [2.75, 3.05) is 32.5 Å². The van der Waals surface area contributed by atoms with E-state index in [-0.39, 0.29) is 5.91 Å². The molecule has 2 N–H and O–H groups in total. The summed E-state index contributed by atoms with van der Waals surface area (Å²) in [7, 11) is 1.90. The van der Waals surface area contributed by atoms with Crippen LogP contribution in [-0.4, -0.2) is 37.6 Å². The van der Waals surface area contributed by atoms with Crippen molar-refractivity contribution in [3.05, 3.63) is 29.8 Å². The van der Waals surface area contributed by atoms with Gasteiger partial charge in [-0.25, -0.2) is 0 Å². The van der Waals surface area contributed by atoms with Gasteiger partial charge >= 0.3 is 0 Å². The molecule has 0 bridgehead atoms. The zero-order valence-electron chi connectivity index (χ0n) is 12.2. The number of nitrogen functional groups attached to an aromatic ring is 1. The first-order valence-electron chi connectivity index (χ1n) is 7.31. The SMILES string of the molecule is CN(CC1CCOCC1)C(=O)CCc1ccc(N)cc1. The highest BCUT2D eigenvalue weighted by Crippen LogP contribution is 2.16. The highest BCUT2D eigenvalue weighted by Gasteiger charge is 2.18. The first-order chi connectivity index (χ1) is 9.65. The predicted molar refractivity (Wildman–Crippen MR) is 80.4 cm³/mol. The number of aryl methyl sites for hydroxylation is 1. The van der Waals surface area contributed by atoms with Gasteiger partial charge in [0, 0.05) is 38.9 Å². The Morgan fingerprint density at radius 1 is 1.30 bits per heavy atom. The van der Waals surface area contributed by atoms with E-state index in [0.29, 0.717) is 12.3 Å². The van der Waals surface area contributed by atoms with Gasteiger partial charge in [-0.2, -0.15) is 0 Å². The van der Waals surface area contributed by atoms with Gasteiger partial charge in [-0.05, 0) is 42.9 Å². The molecule has 1 saturated heterocycles. The van der Waals surface area contributed by atoms with E-state index in [4.69, 9.17) is 10.5 Å². The normalized spacial score (nSPS) is 16.1. The molecule has 110 valence electrons. The Labute approximate surface area is 120 Å². The number of carbonyl (C=O) groups excluding carboxylic acids is 1. The van der Waals surface area contributed by atoms with Crippen LogP contribution < -0.4 is 5.73 Å². The summed E-state index contributed by atoms with van der Waals surface area (Å²) in [5.41, 5.74) is 7.57. The molecule has 0 radical (unpaired) electrons. The second-order valence-corrected chi connectivity index (χ2v) is 5.57. The van der Waals surface area contributed by atoms with Crippen molar-refractivity contribution < 1.29 is 9.53 Å². The third-order valence-electron chi connectivity index (χ3n) is 3.91. The standard InChI is InChI=1S/C16H24N2O2/c1-18(12-14-8-10-20-11-9-14)16(19)7-4-13-2-5-15(17)6-3-13/h2-3,5-6,14H,4,7-12,17H2,1H3. The lowest BCUT2D eigenvalue weighted by Crippen LogP contribution is -2.34. The number of anilines is 1. The van der Waals surface area contributed by atoms with Gasteiger partial charge in [0.25, 0.3) is 0 Å². The maximum atomic E-state index is 12.1. The van der Waals surface area contributed by atoms with Gasteiger partial charge in [0.15, 0.2) is 0 Å². The molecule has 4 nitrogen and oxygen atoms in total. The average Bonchev–Trinajstić information content (AvgIpc) is 2.47. The van der Waals surface area contributed by atoms with Crippen molar-refractivity contribution in [2.45, 2.75) is 25.7 Å². The second-order valence-electron chi connectivity index (χ2n) is 5.57. The average molecular weight is 276 g/mol. The second kappa shape index (κ2) is 7.29. The summed E-state index contributed by atoms with van der Waals surface area (Å²) in [6.07, 6.45) is 3.46. The van der Waals surface area contributed by atoms with Crippen LogP contribution in [0.4, 0.5) is 5.69 Å². The molecule has 0 spiro atoms. The van der Waals surface area contributed by atoms with Gasteiger partial charge in [0.05, 0.1) is 0 Å². The fraction of sp³-hybridized carbons (Fsp3) is 0.562. The van der Waals surface area contributed by atoms with Gasteiger partial charge in [0.2, 0.25) is 5.91 Å². The van der Waals surface area contributed by atoms with E-state index in [2.05, 4.69) is 0 Å². The Kier molecular flexibility index (Phi) is 5.41. The van der Waals surface area contributed by atoms with Gasteiger partial charge in [-0.1, -0.05) is 12.1 Å². The third-order valence-corrected chi connectivity index (χ3v) is 3.91. The molecule has 1 heterocycles. The van der Waals surface area contributed by atoms with Crippen LogP contribution in [-0.2, 0) is 16.0 Å². The summed E-state index contributed by atoms with van der Waals surface area (Å²) in [6, 6.07) is 7.74. The summed E-state index contributed by atoms with van der Waals surface area (Å²) in [6.45, 7) is 2.51. The number of hydrogen-bond acceptors (Lipinski definition) is 3. The quantitative estimate of drug-likeness (QED) is 0.838. The van der Waals surface area contributed by atoms with Crippen LogP contribution in [0.5, 0.6) is 0 Å². The Bertz CT molecular complexity index is 425. The van der Waals surface area contributed by atoms with Crippen molar-refractivity contribution in [1.82, 2.24) is 4.90 Å². The Morgan fingerprint density at radius 3 is 2.60 bits per heavy atom. The van der Waals surface area contributed by atoms with Crippen molar-refractivity contribution in [2.24, 2.45) is 5.92 Å². The van der Waals surface area contributed by atoms with Crippen LogP contribution in [0.15, 0.2) is 24.3 Å². The van der Waals surface area contributed by atoms with E-state index in [9.17, 15) is 4.79 Å². The van der Waals surface area contributed by atoms with Crippen LogP contribution in [0.3, 0.4) is 0 Å². The molecule has 0 atom stereocenters.